The van der Waals surface area contributed by atoms with Crippen LogP contribution in [0.15, 0.2) is 30.6 Å². The van der Waals surface area contributed by atoms with E-state index in [1.165, 1.54) is 11.1 Å². The third-order valence-electron chi connectivity index (χ3n) is 3.74. The van der Waals surface area contributed by atoms with Crippen molar-refractivity contribution in [3.63, 3.8) is 0 Å². The fourth-order valence-electron chi connectivity index (χ4n) is 2.77. The molecule has 3 aromatic rings. The molecule has 4 rings (SSSR count). The summed E-state index contributed by atoms with van der Waals surface area (Å²) in [7, 11) is 0. The van der Waals surface area contributed by atoms with E-state index in [1.807, 2.05) is 6.92 Å². The molecule has 3 heterocycles. The van der Waals surface area contributed by atoms with Crippen LogP contribution in [-0.2, 0) is 13.1 Å². The van der Waals surface area contributed by atoms with E-state index in [4.69, 9.17) is 0 Å². The summed E-state index contributed by atoms with van der Waals surface area (Å²) in [6.07, 6.45) is 1.67. The number of H-pyrrole nitrogens is 1. The van der Waals surface area contributed by atoms with Crippen LogP contribution in [-0.4, -0.2) is 26.5 Å². The number of fused-ring (bicyclic) bond motifs is 2. The Kier molecular flexibility index (Phi) is 2.73. The average Bonchev–Trinajstić information content (AvgIpc) is 3.12. The zero-order valence-electron chi connectivity index (χ0n) is 11.8. The van der Waals surface area contributed by atoms with Crippen LogP contribution in [0.4, 0.5) is 11.8 Å². The number of rotatable bonds is 3. The molecule has 1 aliphatic heterocycles. The van der Waals surface area contributed by atoms with Crippen molar-refractivity contribution in [2.45, 2.75) is 20.0 Å². The van der Waals surface area contributed by atoms with Crippen molar-refractivity contribution in [1.29, 1.82) is 0 Å². The lowest BCUT2D eigenvalue weighted by atomic mass is 10.1. The molecule has 0 unspecified atom stereocenters. The van der Waals surface area contributed by atoms with Gasteiger partial charge >= 0.3 is 0 Å². The smallest absolute Gasteiger partial charge is 0.226 e. The molecular formula is C15H16N6. The number of aromatic amines is 1. The molecule has 2 N–H and O–H groups in total. The first-order chi connectivity index (χ1) is 10.3. The molecule has 0 spiro atoms. The summed E-state index contributed by atoms with van der Waals surface area (Å²) < 4.78 is 0. The lowest BCUT2D eigenvalue weighted by Crippen LogP contribution is -2.18. The van der Waals surface area contributed by atoms with Gasteiger partial charge in [-0.25, -0.2) is 4.98 Å². The summed E-state index contributed by atoms with van der Waals surface area (Å²) in [6, 6.07) is 8.51. The zero-order valence-corrected chi connectivity index (χ0v) is 11.8. The molecule has 0 saturated carbocycles. The van der Waals surface area contributed by atoms with Gasteiger partial charge < -0.3 is 15.2 Å². The Morgan fingerprint density at radius 3 is 2.67 bits per heavy atom. The summed E-state index contributed by atoms with van der Waals surface area (Å²) in [6.45, 7) is 4.55. The van der Waals surface area contributed by atoms with Crippen LogP contribution in [0.1, 0.15) is 18.1 Å². The van der Waals surface area contributed by atoms with Gasteiger partial charge in [0.1, 0.15) is 5.52 Å². The first-order valence-electron chi connectivity index (χ1n) is 7.12. The molecule has 0 aliphatic carbocycles. The summed E-state index contributed by atoms with van der Waals surface area (Å²) >= 11 is 0. The maximum Gasteiger partial charge on any atom is 0.226 e. The summed E-state index contributed by atoms with van der Waals surface area (Å²) in [5, 5.41) is 3.17. The largest absolute Gasteiger partial charge is 0.354 e. The topological polar surface area (TPSA) is 69.7 Å². The van der Waals surface area contributed by atoms with Crippen molar-refractivity contribution in [1.82, 2.24) is 19.9 Å². The molecular weight excluding hydrogens is 264 g/mol. The molecule has 0 fully saturated rings. The predicted octanol–water partition coefficient (Wildman–Crippen LogP) is 2.30. The number of nitrogens with zero attached hydrogens (tertiary/aromatic N) is 4. The van der Waals surface area contributed by atoms with Crippen LogP contribution < -0.4 is 10.2 Å². The molecule has 2 aromatic heterocycles. The highest BCUT2D eigenvalue weighted by molar-refractivity contribution is 5.84. The molecule has 6 nitrogen and oxygen atoms in total. The van der Waals surface area contributed by atoms with Gasteiger partial charge in [0, 0.05) is 19.6 Å². The van der Waals surface area contributed by atoms with Crippen LogP contribution >= 0.6 is 0 Å². The Morgan fingerprint density at radius 2 is 1.95 bits per heavy atom. The number of aromatic nitrogens is 4. The average molecular weight is 280 g/mol. The fraction of sp³-hybridized carbons (Fsp3) is 0.267. The maximum absolute atomic E-state index is 4.66. The van der Waals surface area contributed by atoms with Crippen molar-refractivity contribution >= 4 is 22.9 Å². The molecule has 106 valence electrons. The van der Waals surface area contributed by atoms with Gasteiger partial charge in [0.15, 0.2) is 11.5 Å². The summed E-state index contributed by atoms with van der Waals surface area (Å²) in [5.74, 6) is 1.53. The van der Waals surface area contributed by atoms with Crippen molar-refractivity contribution in [3.05, 3.63) is 41.7 Å². The van der Waals surface area contributed by atoms with Crippen LogP contribution in [0, 0.1) is 0 Å². The Morgan fingerprint density at radius 1 is 1.19 bits per heavy atom. The van der Waals surface area contributed by atoms with Crippen molar-refractivity contribution in [3.8, 4) is 0 Å². The van der Waals surface area contributed by atoms with Gasteiger partial charge in [0.25, 0.3) is 0 Å². The van der Waals surface area contributed by atoms with Gasteiger partial charge in [-0.05, 0) is 18.1 Å². The second-order valence-corrected chi connectivity index (χ2v) is 5.13. The van der Waals surface area contributed by atoms with E-state index in [0.29, 0.717) is 11.6 Å². The van der Waals surface area contributed by atoms with Gasteiger partial charge in [-0.3, -0.25) is 0 Å². The van der Waals surface area contributed by atoms with E-state index < -0.39 is 0 Å². The highest BCUT2D eigenvalue weighted by Crippen LogP contribution is 2.30. The van der Waals surface area contributed by atoms with Gasteiger partial charge in [-0.1, -0.05) is 24.3 Å². The Labute approximate surface area is 122 Å². The molecule has 6 heteroatoms. The molecule has 21 heavy (non-hydrogen) atoms. The monoisotopic (exact) mass is 280 g/mol. The molecule has 1 aliphatic rings. The normalized spacial score (nSPS) is 13.7. The Balaban J connectivity index is 1.78. The standard InChI is InChI=1S/C15H16N6/c1-2-16-15-19-13-12(17-9-18-13)14(20-15)21-7-10-5-3-4-6-11(10)8-21/h3-6,9H,2,7-8H2,1H3,(H2,16,17,18,19,20). The van der Waals surface area contributed by atoms with E-state index in [-0.39, 0.29) is 0 Å². The number of hydrogen-bond acceptors (Lipinski definition) is 5. The number of hydrogen-bond donors (Lipinski definition) is 2. The predicted molar refractivity (Wildman–Crippen MR) is 82.2 cm³/mol. The number of benzene rings is 1. The van der Waals surface area contributed by atoms with E-state index >= 15 is 0 Å². The van der Waals surface area contributed by atoms with Crippen LogP contribution in [0.2, 0.25) is 0 Å². The highest BCUT2D eigenvalue weighted by Gasteiger charge is 2.23. The minimum Gasteiger partial charge on any atom is -0.354 e. The summed E-state index contributed by atoms with van der Waals surface area (Å²) in [5.41, 5.74) is 4.30. The van der Waals surface area contributed by atoms with Gasteiger partial charge in [0.05, 0.1) is 6.33 Å². The Bertz CT molecular complexity index is 769. The molecule has 0 saturated heterocycles. The maximum atomic E-state index is 4.66. The van der Waals surface area contributed by atoms with Crippen molar-refractivity contribution in [2.75, 3.05) is 16.8 Å². The van der Waals surface area contributed by atoms with Gasteiger partial charge in [0.2, 0.25) is 5.95 Å². The zero-order chi connectivity index (χ0) is 14.2. The minimum atomic E-state index is 0.628. The second kappa shape index (κ2) is 4.73. The molecule has 0 bridgehead atoms. The minimum absolute atomic E-state index is 0.628. The highest BCUT2D eigenvalue weighted by atomic mass is 15.3. The van der Waals surface area contributed by atoms with Crippen molar-refractivity contribution in [2.24, 2.45) is 0 Å². The fourth-order valence-corrected chi connectivity index (χ4v) is 2.77. The molecule has 0 radical (unpaired) electrons. The van der Waals surface area contributed by atoms with Crippen molar-refractivity contribution < 1.29 is 0 Å². The summed E-state index contributed by atoms with van der Waals surface area (Å²) in [4.78, 5) is 18.8. The third-order valence-corrected chi connectivity index (χ3v) is 3.74. The van der Waals surface area contributed by atoms with E-state index in [9.17, 15) is 0 Å². The lowest BCUT2D eigenvalue weighted by molar-refractivity contribution is 0.857. The molecule has 1 aromatic carbocycles. The van der Waals surface area contributed by atoms with E-state index in [2.05, 4.69) is 54.4 Å². The first kappa shape index (κ1) is 12.1. The molecule has 0 amide bonds. The van der Waals surface area contributed by atoms with Gasteiger partial charge in [-0.15, -0.1) is 0 Å². The second-order valence-electron chi connectivity index (χ2n) is 5.13. The van der Waals surface area contributed by atoms with E-state index in [1.54, 1.807) is 6.33 Å². The van der Waals surface area contributed by atoms with Crippen LogP contribution in [0.25, 0.3) is 11.2 Å². The van der Waals surface area contributed by atoms with Crippen LogP contribution in [0.3, 0.4) is 0 Å². The number of imidazole rings is 1. The number of nitrogens with one attached hydrogen (secondary N) is 2. The Hall–Kier alpha value is -2.63. The first-order valence-corrected chi connectivity index (χ1v) is 7.12. The number of anilines is 2. The molecule has 0 atom stereocenters. The van der Waals surface area contributed by atoms with Crippen LogP contribution in [0.5, 0.6) is 0 Å². The lowest BCUT2D eigenvalue weighted by Gasteiger charge is -2.17. The van der Waals surface area contributed by atoms with E-state index in [0.717, 1.165) is 31.0 Å². The quantitative estimate of drug-likeness (QED) is 0.770. The SMILES string of the molecule is CCNc1nc(N2Cc3ccccc3C2)c2[nH]cnc2n1. The third kappa shape index (κ3) is 1.99. The van der Waals surface area contributed by atoms with Gasteiger partial charge in [-0.2, -0.15) is 9.97 Å².